The van der Waals surface area contributed by atoms with Gasteiger partial charge in [0.1, 0.15) is 0 Å². The minimum absolute atomic E-state index is 0.0744. The molecule has 1 saturated heterocycles. The van der Waals surface area contributed by atoms with E-state index in [0.29, 0.717) is 18.5 Å². The van der Waals surface area contributed by atoms with Gasteiger partial charge in [0.25, 0.3) is 5.91 Å². The van der Waals surface area contributed by atoms with E-state index in [-0.39, 0.29) is 24.5 Å². The van der Waals surface area contributed by atoms with Crippen LogP contribution >= 0.6 is 0 Å². The average molecular weight is 374 g/mol. The van der Waals surface area contributed by atoms with E-state index in [2.05, 4.69) is 12.2 Å². The molecule has 6 nitrogen and oxygen atoms in total. The number of benzene rings is 1. The van der Waals surface area contributed by atoms with Crippen molar-refractivity contribution < 1.29 is 19.1 Å². The molecule has 1 heterocycles. The van der Waals surface area contributed by atoms with Gasteiger partial charge in [-0.25, -0.2) is 4.79 Å². The van der Waals surface area contributed by atoms with Gasteiger partial charge >= 0.3 is 5.97 Å². The molecule has 148 valence electrons. The molecular formula is C21H30N2O4. The lowest BCUT2D eigenvalue weighted by atomic mass is 10.1. The lowest BCUT2D eigenvalue weighted by Crippen LogP contribution is -2.35. The molecule has 1 fully saturated rings. The molecule has 1 aliphatic heterocycles. The molecule has 1 aromatic carbocycles. The maximum absolute atomic E-state index is 12.1. The Morgan fingerprint density at radius 1 is 1.19 bits per heavy atom. The molecule has 0 aliphatic carbocycles. The van der Waals surface area contributed by atoms with Gasteiger partial charge in [0.05, 0.1) is 5.56 Å². The Hall–Kier alpha value is -2.37. The first-order valence-corrected chi connectivity index (χ1v) is 9.88. The molecule has 1 N–H and O–H groups in total. The Kier molecular flexibility index (Phi) is 8.30. The van der Waals surface area contributed by atoms with E-state index in [9.17, 15) is 14.4 Å². The van der Waals surface area contributed by atoms with Gasteiger partial charge in [-0.05, 0) is 44.0 Å². The first-order chi connectivity index (χ1) is 13.0. The van der Waals surface area contributed by atoms with Gasteiger partial charge in [0, 0.05) is 24.7 Å². The predicted molar refractivity (Wildman–Crippen MR) is 105 cm³/mol. The third kappa shape index (κ3) is 6.70. The van der Waals surface area contributed by atoms with Crippen LogP contribution in [-0.2, 0) is 14.3 Å². The average Bonchev–Trinajstić information content (AvgIpc) is 3.09. The summed E-state index contributed by atoms with van der Waals surface area (Å²) in [4.78, 5) is 37.5. The normalized spacial score (nSPS) is 14.9. The Balaban J connectivity index is 1.73. The van der Waals surface area contributed by atoms with Crippen LogP contribution < -0.4 is 10.2 Å². The zero-order valence-corrected chi connectivity index (χ0v) is 16.3. The first kappa shape index (κ1) is 20.9. The second-order valence-electron chi connectivity index (χ2n) is 7.09. The zero-order valence-electron chi connectivity index (χ0n) is 16.3. The van der Waals surface area contributed by atoms with E-state index in [1.165, 1.54) is 19.3 Å². The summed E-state index contributed by atoms with van der Waals surface area (Å²) in [5, 5.41) is 2.85. The summed E-state index contributed by atoms with van der Waals surface area (Å²) in [6.45, 7) is 4.55. The number of carbonyl (C=O) groups is 3. The number of ether oxygens (including phenoxy) is 1. The van der Waals surface area contributed by atoms with E-state index in [1.54, 1.807) is 29.2 Å². The van der Waals surface area contributed by atoms with Crippen LogP contribution in [0.2, 0.25) is 0 Å². The van der Waals surface area contributed by atoms with Crippen LogP contribution in [0.1, 0.15) is 69.2 Å². The van der Waals surface area contributed by atoms with Gasteiger partial charge in [0.15, 0.2) is 6.61 Å². The fourth-order valence-corrected chi connectivity index (χ4v) is 3.18. The molecule has 0 unspecified atom stereocenters. The highest BCUT2D eigenvalue weighted by Gasteiger charge is 2.22. The summed E-state index contributed by atoms with van der Waals surface area (Å²) in [6, 6.07) is 6.79. The van der Waals surface area contributed by atoms with Gasteiger partial charge in [0.2, 0.25) is 5.91 Å². The van der Waals surface area contributed by atoms with Gasteiger partial charge in [-0.3, -0.25) is 9.59 Å². The summed E-state index contributed by atoms with van der Waals surface area (Å²) >= 11 is 0. The first-order valence-electron chi connectivity index (χ1n) is 9.88. The molecule has 1 aromatic rings. The number of esters is 1. The van der Waals surface area contributed by atoms with Crippen molar-refractivity contribution in [3.63, 3.8) is 0 Å². The van der Waals surface area contributed by atoms with Crippen molar-refractivity contribution in [1.29, 1.82) is 0 Å². The summed E-state index contributed by atoms with van der Waals surface area (Å²) < 4.78 is 5.09. The van der Waals surface area contributed by atoms with Gasteiger partial charge in [-0.1, -0.05) is 32.6 Å². The lowest BCUT2D eigenvalue weighted by Gasteiger charge is -2.16. The third-order valence-corrected chi connectivity index (χ3v) is 4.72. The lowest BCUT2D eigenvalue weighted by molar-refractivity contribution is -0.124. The molecule has 0 saturated carbocycles. The minimum atomic E-state index is -0.542. The van der Waals surface area contributed by atoms with Crippen LogP contribution in [0.4, 0.5) is 5.69 Å². The molecule has 2 amide bonds. The Labute approximate surface area is 161 Å². The van der Waals surface area contributed by atoms with Crippen molar-refractivity contribution in [2.24, 2.45) is 0 Å². The maximum atomic E-state index is 12.1. The number of carbonyl (C=O) groups excluding carboxylic acids is 3. The van der Waals surface area contributed by atoms with Crippen molar-refractivity contribution in [3.8, 4) is 0 Å². The molecule has 27 heavy (non-hydrogen) atoms. The third-order valence-electron chi connectivity index (χ3n) is 4.72. The molecular weight excluding hydrogens is 344 g/mol. The second kappa shape index (κ2) is 10.7. The highest BCUT2D eigenvalue weighted by molar-refractivity contribution is 5.96. The number of unbranched alkanes of at least 4 members (excludes halogenated alkanes) is 3. The van der Waals surface area contributed by atoms with Crippen molar-refractivity contribution in [3.05, 3.63) is 29.8 Å². The van der Waals surface area contributed by atoms with Crippen LogP contribution in [0.25, 0.3) is 0 Å². The topological polar surface area (TPSA) is 75.7 Å². The predicted octanol–water partition coefficient (Wildman–Crippen LogP) is 3.45. The fourth-order valence-electron chi connectivity index (χ4n) is 3.18. The largest absolute Gasteiger partial charge is 0.452 e. The minimum Gasteiger partial charge on any atom is -0.452 e. The van der Waals surface area contributed by atoms with E-state index in [0.717, 1.165) is 24.9 Å². The number of nitrogens with zero attached hydrogens (tertiary/aromatic N) is 1. The number of hydrogen-bond donors (Lipinski definition) is 1. The molecule has 2 rings (SSSR count). The molecule has 0 bridgehead atoms. The molecule has 1 atom stereocenters. The highest BCUT2D eigenvalue weighted by Crippen LogP contribution is 2.21. The van der Waals surface area contributed by atoms with Crippen LogP contribution in [-0.4, -0.2) is 37.0 Å². The van der Waals surface area contributed by atoms with E-state index in [1.807, 2.05) is 6.92 Å². The second-order valence-corrected chi connectivity index (χ2v) is 7.09. The van der Waals surface area contributed by atoms with Crippen LogP contribution in [0.15, 0.2) is 24.3 Å². The van der Waals surface area contributed by atoms with E-state index < -0.39 is 5.97 Å². The Morgan fingerprint density at radius 3 is 2.56 bits per heavy atom. The van der Waals surface area contributed by atoms with Gasteiger partial charge in [-0.15, -0.1) is 0 Å². The SMILES string of the molecule is CCCCCC[C@H](C)NC(=O)COC(=O)c1ccc(N2CCCC2=O)cc1. The van der Waals surface area contributed by atoms with Crippen LogP contribution in [0.5, 0.6) is 0 Å². The quantitative estimate of drug-likeness (QED) is 0.503. The van der Waals surface area contributed by atoms with Crippen molar-refractivity contribution >= 4 is 23.5 Å². The number of amides is 2. The van der Waals surface area contributed by atoms with Gasteiger partial charge in [-0.2, -0.15) is 0 Å². The molecule has 6 heteroatoms. The summed E-state index contributed by atoms with van der Waals surface area (Å²) in [5.41, 5.74) is 1.15. The summed E-state index contributed by atoms with van der Waals surface area (Å²) in [7, 11) is 0. The molecule has 1 aliphatic rings. The summed E-state index contributed by atoms with van der Waals surface area (Å²) in [5.74, 6) is -0.725. The van der Waals surface area contributed by atoms with Crippen molar-refractivity contribution in [1.82, 2.24) is 5.32 Å². The van der Waals surface area contributed by atoms with Crippen LogP contribution in [0, 0.1) is 0 Å². The molecule has 0 spiro atoms. The zero-order chi connectivity index (χ0) is 19.6. The Bertz CT molecular complexity index is 642. The standard InChI is InChI=1S/C21H30N2O4/c1-3-4-5-6-8-16(2)22-19(24)15-27-21(26)17-10-12-18(13-11-17)23-14-7-9-20(23)25/h10-13,16H,3-9,14-15H2,1-2H3,(H,22,24)/t16-/m0/s1. The highest BCUT2D eigenvalue weighted by atomic mass is 16.5. The van der Waals surface area contributed by atoms with E-state index >= 15 is 0 Å². The maximum Gasteiger partial charge on any atom is 0.338 e. The van der Waals surface area contributed by atoms with Crippen LogP contribution in [0.3, 0.4) is 0 Å². The monoisotopic (exact) mass is 374 g/mol. The van der Waals surface area contributed by atoms with E-state index in [4.69, 9.17) is 4.74 Å². The number of hydrogen-bond acceptors (Lipinski definition) is 4. The fraction of sp³-hybridized carbons (Fsp3) is 0.571. The molecule has 0 aromatic heterocycles. The van der Waals surface area contributed by atoms with Crippen molar-refractivity contribution in [2.45, 2.75) is 64.8 Å². The smallest absolute Gasteiger partial charge is 0.338 e. The molecule has 0 radical (unpaired) electrons. The Morgan fingerprint density at radius 2 is 1.93 bits per heavy atom. The number of rotatable bonds is 10. The van der Waals surface area contributed by atoms with Gasteiger partial charge < -0.3 is 15.0 Å². The van der Waals surface area contributed by atoms with Crippen molar-refractivity contribution in [2.75, 3.05) is 18.1 Å². The summed E-state index contributed by atoms with van der Waals surface area (Å²) in [6.07, 6.45) is 7.00. The number of nitrogens with one attached hydrogen (secondary N) is 1. The number of anilines is 1.